The Morgan fingerprint density at radius 3 is 2.54 bits per heavy atom. The van der Waals surface area contributed by atoms with Crippen LogP contribution in [0, 0.1) is 0 Å². The summed E-state index contributed by atoms with van der Waals surface area (Å²) in [6.45, 7) is 2.76. The van der Waals surface area contributed by atoms with Crippen molar-refractivity contribution in [2.75, 3.05) is 6.54 Å². The van der Waals surface area contributed by atoms with Crippen molar-refractivity contribution in [2.24, 2.45) is 0 Å². The van der Waals surface area contributed by atoms with Gasteiger partial charge in [-0.3, -0.25) is 4.79 Å². The molecule has 3 heteroatoms. The maximum absolute atomic E-state index is 11.4. The zero-order valence-electron chi connectivity index (χ0n) is 7.51. The van der Waals surface area contributed by atoms with Crippen LogP contribution in [0.25, 0.3) is 0 Å². The number of nitrogens with one attached hydrogen (secondary N) is 1. The van der Waals surface area contributed by atoms with Crippen LogP contribution in [0.2, 0.25) is 0 Å². The topological polar surface area (TPSA) is 29.1 Å². The highest BCUT2D eigenvalue weighted by atomic mass is 79.9. The molecule has 0 aromatic heterocycles. The van der Waals surface area contributed by atoms with Crippen LogP contribution < -0.4 is 5.32 Å². The molecule has 1 aromatic carbocycles. The first kappa shape index (κ1) is 10.3. The van der Waals surface area contributed by atoms with Gasteiger partial charge in [0.2, 0.25) is 0 Å². The van der Waals surface area contributed by atoms with Crippen molar-refractivity contribution < 1.29 is 4.79 Å². The summed E-state index contributed by atoms with van der Waals surface area (Å²) in [5.74, 6) is -0.00523. The molecule has 1 amide bonds. The molecule has 0 atom stereocenters. The lowest BCUT2D eigenvalue weighted by Crippen LogP contribution is -2.23. The number of amides is 1. The van der Waals surface area contributed by atoms with Gasteiger partial charge in [0.05, 0.1) is 0 Å². The van der Waals surface area contributed by atoms with E-state index in [4.69, 9.17) is 0 Å². The van der Waals surface area contributed by atoms with Crippen molar-refractivity contribution in [3.8, 4) is 0 Å². The van der Waals surface area contributed by atoms with Gasteiger partial charge in [0, 0.05) is 16.6 Å². The van der Waals surface area contributed by atoms with Gasteiger partial charge in [-0.25, -0.2) is 0 Å². The number of rotatable bonds is 3. The first-order chi connectivity index (χ1) is 6.24. The Kier molecular flexibility index (Phi) is 3.96. The smallest absolute Gasteiger partial charge is 0.251 e. The van der Waals surface area contributed by atoms with Gasteiger partial charge in [-0.15, -0.1) is 0 Å². The van der Waals surface area contributed by atoms with Crippen LogP contribution >= 0.6 is 15.9 Å². The molecule has 0 heterocycles. The molecule has 70 valence electrons. The van der Waals surface area contributed by atoms with Gasteiger partial charge in [0.25, 0.3) is 5.91 Å². The van der Waals surface area contributed by atoms with Crippen LogP contribution in [0.5, 0.6) is 0 Å². The van der Waals surface area contributed by atoms with Gasteiger partial charge in [-0.05, 0) is 30.7 Å². The molecule has 1 aromatic rings. The summed E-state index contributed by atoms with van der Waals surface area (Å²) in [5.41, 5.74) is 0.705. The molecule has 0 aliphatic rings. The highest BCUT2D eigenvalue weighted by Gasteiger charge is 2.02. The molecule has 1 rings (SSSR count). The molecule has 0 saturated carbocycles. The summed E-state index contributed by atoms with van der Waals surface area (Å²) in [6, 6.07) is 7.33. The standard InChI is InChI=1S/C10H12BrNO/c1-2-7-12-10(13)8-3-5-9(11)6-4-8/h3-6H,2,7H2,1H3,(H,12,13). The van der Waals surface area contributed by atoms with Crippen molar-refractivity contribution in [1.82, 2.24) is 5.32 Å². The molecule has 0 spiro atoms. The minimum atomic E-state index is -0.00523. The second kappa shape index (κ2) is 5.02. The van der Waals surface area contributed by atoms with Crippen LogP contribution in [-0.4, -0.2) is 12.5 Å². The Hall–Kier alpha value is -0.830. The molecule has 2 nitrogen and oxygen atoms in total. The van der Waals surface area contributed by atoms with E-state index in [0.717, 1.165) is 17.4 Å². The van der Waals surface area contributed by atoms with Crippen molar-refractivity contribution in [3.63, 3.8) is 0 Å². The van der Waals surface area contributed by atoms with E-state index in [9.17, 15) is 4.79 Å². The number of hydrogen-bond acceptors (Lipinski definition) is 1. The summed E-state index contributed by atoms with van der Waals surface area (Å²) in [5, 5.41) is 2.81. The molecular weight excluding hydrogens is 230 g/mol. The summed E-state index contributed by atoms with van der Waals surface area (Å²) >= 11 is 3.32. The maximum Gasteiger partial charge on any atom is 0.251 e. The summed E-state index contributed by atoms with van der Waals surface area (Å²) < 4.78 is 0.986. The highest BCUT2D eigenvalue weighted by Crippen LogP contribution is 2.10. The van der Waals surface area contributed by atoms with Gasteiger partial charge < -0.3 is 5.32 Å². The third-order valence-corrected chi connectivity index (χ3v) is 2.17. The van der Waals surface area contributed by atoms with Gasteiger partial charge in [-0.2, -0.15) is 0 Å². The Labute approximate surface area is 86.5 Å². The monoisotopic (exact) mass is 241 g/mol. The Morgan fingerprint density at radius 2 is 2.00 bits per heavy atom. The number of benzene rings is 1. The minimum Gasteiger partial charge on any atom is -0.352 e. The SMILES string of the molecule is CCCNC(=O)c1ccc(Br)cc1. The van der Waals surface area contributed by atoms with E-state index in [2.05, 4.69) is 21.2 Å². The first-order valence-corrected chi connectivity index (χ1v) is 5.07. The zero-order valence-corrected chi connectivity index (χ0v) is 9.10. The van der Waals surface area contributed by atoms with Gasteiger partial charge >= 0.3 is 0 Å². The average Bonchev–Trinajstić information content (AvgIpc) is 2.15. The van der Waals surface area contributed by atoms with Crippen molar-refractivity contribution in [3.05, 3.63) is 34.3 Å². The lowest BCUT2D eigenvalue weighted by atomic mass is 10.2. The normalized spacial score (nSPS) is 9.69. The summed E-state index contributed by atoms with van der Waals surface area (Å²) in [6.07, 6.45) is 0.961. The Morgan fingerprint density at radius 1 is 1.38 bits per heavy atom. The molecule has 0 bridgehead atoms. The van der Waals surface area contributed by atoms with Crippen LogP contribution in [-0.2, 0) is 0 Å². The number of hydrogen-bond donors (Lipinski definition) is 1. The van der Waals surface area contributed by atoms with E-state index in [1.54, 1.807) is 12.1 Å². The van der Waals surface area contributed by atoms with E-state index in [1.807, 2.05) is 19.1 Å². The summed E-state index contributed by atoms with van der Waals surface area (Å²) in [7, 11) is 0. The predicted octanol–water partition coefficient (Wildman–Crippen LogP) is 2.59. The van der Waals surface area contributed by atoms with Crippen molar-refractivity contribution >= 4 is 21.8 Å². The molecule has 0 radical (unpaired) electrons. The molecular formula is C10H12BrNO. The second-order valence-corrected chi connectivity index (χ2v) is 3.68. The molecule has 1 N–H and O–H groups in total. The largest absolute Gasteiger partial charge is 0.352 e. The Balaban J connectivity index is 2.61. The lowest BCUT2D eigenvalue weighted by Gasteiger charge is -2.02. The molecule has 13 heavy (non-hydrogen) atoms. The minimum absolute atomic E-state index is 0.00523. The quantitative estimate of drug-likeness (QED) is 0.867. The van der Waals surface area contributed by atoms with Crippen LogP contribution in [0.1, 0.15) is 23.7 Å². The van der Waals surface area contributed by atoms with Crippen molar-refractivity contribution in [1.29, 1.82) is 0 Å². The molecule has 0 unspecified atom stereocenters. The fourth-order valence-electron chi connectivity index (χ4n) is 0.942. The fraction of sp³-hybridized carbons (Fsp3) is 0.300. The predicted molar refractivity (Wildman–Crippen MR) is 56.8 cm³/mol. The summed E-state index contributed by atoms with van der Waals surface area (Å²) in [4.78, 5) is 11.4. The van der Waals surface area contributed by atoms with E-state index < -0.39 is 0 Å². The average molecular weight is 242 g/mol. The van der Waals surface area contributed by atoms with Gasteiger partial charge in [0.1, 0.15) is 0 Å². The maximum atomic E-state index is 11.4. The van der Waals surface area contributed by atoms with E-state index >= 15 is 0 Å². The highest BCUT2D eigenvalue weighted by molar-refractivity contribution is 9.10. The zero-order chi connectivity index (χ0) is 9.68. The van der Waals surface area contributed by atoms with Crippen LogP contribution in [0.15, 0.2) is 28.7 Å². The first-order valence-electron chi connectivity index (χ1n) is 4.28. The van der Waals surface area contributed by atoms with E-state index in [1.165, 1.54) is 0 Å². The number of carbonyl (C=O) groups excluding carboxylic acids is 1. The molecule has 0 fully saturated rings. The molecule has 0 saturated heterocycles. The van der Waals surface area contributed by atoms with Crippen molar-refractivity contribution in [2.45, 2.75) is 13.3 Å². The third kappa shape index (κ3) is 3.19. The fourth-order valence-corrected chi connectivity index (χ4v) is 1.21. The number of halogens is 1. The molecule has 0 aliphatic heterocycles. The lowest BCUT2D eigenvalue weighted by molar-refractivity contribution is 0.0953. The van der Waals surface area contributed by atoms with E-state index in [0.29, 0.717) is 5.56 Å². The van der Waals surface area contributed by atoms with Gasteiger partial charge in [0.15, 0.2) is 0 Å². The van der Waals surface area contributed by atoms with Crippen LogP contribution in [0.3, 0.4) is 0 Å². The second-order valence-electron chi connectivity index (χ2n) is 2.76. The van der Waals surface area contributed by atoms with Gasteiger partial charge in [-0.1, -0.05) is 22.9 Å². The van der Waals surface area contributed by atoms with Crippen LogP contribution in [0.4, 0.5) is 0 Å². The molecule has 0 aliphatic carbocycles. The number of carbonyl (C=O) groups is 1. The van der Waals surface area contributed by atoms with E-state index in [-0.39, 0.29) is 5.91 Å². The Bertz CT molecular complexity index is 281. The third-order valence-electron chi connectivity index (χ3n) is 1.64.